The van der Waals surface area contributed by atoms with Gasteiger partial charge in [-0.25, -0.2) is 0 Å². The molecular weight excluding hydrogens is 352 g/mol. The molecule has 2 fully saturated rings. The van der Waals surface area contributed by atoms with Crippen molar-refractivity contribution in [3.63, 3.8) is 0 Å². The van der Waals surface area contributed by atoms with Crippen LogP contribution < -0.4 is 9.64 Å². The average Bonchev–Trinajstić information content (AvgIpc) is 2.91. The van der Waals surface area contributed by atoms with E-state index in [1.807, 2.05) is 70.5 Å². The molecule has 0 bridgehead atoms. The van der Waals surface area contributed by atoms with Crippen LogP contribution in [-0.2, 0) is 9.59 Å². The summed E-state index contributed by atoms with van der Waals surface area (Å²) in [4.78, 5) is 29.2. The van der Waals surface area contributed by atoms with Crippen LogP contribution in [0, 0.1) is 11.8 Å². The van der Waals surface area contributed by atoms with Crippen molar-refractivity contribution in [2.75, 3.05) is 31.1 Å². The summed E-state index contributed by atoms with van der Waals surface area (Å²) in [6, 6.07) is 19.3. The van der Waals surface area contributed by atoms with Crippen LogP contribution in [0.15, 0.2) is 60.7 Å². The number of anilines is 1. The lowest BCUT2D eigenvalue weighted by Crippen LogP contribution is -2.45. The van der Waals surface area contributed by atoms with Crippen molar-refractivity contribution < 1.29 is 14.3 Å². The molecule has 5 nitrogen and oxygen atoms in total. The van der Waals surface area contributed by atoms with E-state index in [-0.39, 0.29) is 18.4 Å². The summed E-state index contributed by atoms with van der Waals surface area (Å²) >= 11 is 0. The molecule has 2 heterocycles. The molecule has 5 heteroatoms. The highest BCUT2D eigenvalue weighted by atomic mass is 16.5. The number of rotatable bonds is 4. The fraction of sp³-hybridized carbons (Fsp3) is 0.391. The summed E-state index contributed by atoms with van der Waals surface area (Å²) in [6.45, 7) is 2.21. The maximum Gasteiger partial charge on any atom is 0.260 e. The lowest BCUT2D eigenvalue weighted by atomic mass is 9.82. The number of hydrogen-bond acceptors (Lipinski definition) is 3. The zero-order valence-corrected chi connectivity index (χ0v) is 16.0. The quantitative estimate of drug-likeness (QED) is 0.820. The van der Waals surface area contributed by atoms with E-state index in [4.69, 9.17) is 4.74 Å². The van der Waals surface area contributed by atoms with Crippen molar-refractivity contribution in [3.05, 3.63) is 60.7 Å². The minimum absolute atomic E-state index is 0.0257. The molecule has 0 spiro atoms. The zero-order chi connectivity index (χ0) is 19.3. The van der Waals surface area contributed by atoms with Crippen LogP contribution in [0.4, 0.5) is 5.69 Å². The van der Waals surface area contributed by atoms with Gasteiger partial charge in [0.2, 0.25) is 5.91 Å². The number of benzene rings is 2. The normalized spacial score (nSPS) is 22.4. The van der Waals surface area contributed by atoms with Gasteiger partial charge in [-0.05, 0) is 48.9 Å². The lowest BCUT2D eigenvalue weighted by molar-refractivity contribution is -0.136. The van der Waals surface area contributed by atoms with Crippen LogP contribution in [0.2, 0.25) is 0 Å². The number of para-hydroxylation sites is 2. The van der Waals surface area contributed by atoms with Crippen LogP contribution in [0.3, 0.4) is 0 Å². The molecule has 28 heavy (non-hydrogen) atoms. The molecule has 2 aliphatic heterocycles. The van der Waals surface area contributed by atoms with Crippen LogP contribution in [0.25, 0.3) is 0 Å². The molecule has 2 amide bonds. The molecule has 2 unspecified atom stereocenters. The Kier molecular flexibility index (Phi) is 5.60. The second-order valence-electron chi connectivity index (χ2n) is 7.62. The van der Waals surface area contributed by atoms with Gasteiger partial charge in [-0.2, -0.15) is 0 Å². The Morgan fingerprint density at radius 3 is 2.36 bits per heavy atom. The maximum atomic E-state index is 12.8. The molecule has 0 N–H and O–H groups in total. The number of nitrogens with zero attached hydrogens (tertiary/aromatic N) is 2. The standard InChI is InChI=1S/C23H26N2O3/c26-22-15-18-11-13-24(23(27)17-28-21-9-5-2-6-10-21)16-19(18)12-14-25(22)20-7-3-1-4-8-20/h1-10,18-19H,11-17H2. The average molecular weight is 378 g/mol. The van der Waals surface area contributed by atoms with Gasteiger partial charge in [0.05, 0.1) is 0 Å². The van der Waals surface area contributed by atoms with E-state index in [1.165, 1.54) is 0 Å². The van der Waals surface area contributed by atoms with E-state index in [1.54, 1.807) is 0 Å². The number of piperidine rings is 1. The molecule has 0 saturated carbocycles. The Bertz CT molecular complexity index is 809. The van der Waals surface area contributed by atoms with Crippen molar-refractivity contribution >= 4 is 17.5 Å². The minimum Gasteiger partial charge on any atom is -0.484 e. The summed E-state index contributed by atoms with van der Waals surface area (Å²) in [5.41, 5.74) is 0.968. The number of carbonyl (C=O) groups excluding carboxylic acids is 2. The van der Waals surface area contributed by atoms with Crippen LogP contribution in [0.1, 0.15) is 19.3 Å². The van der Waals surface area contributed by atoms with Crippen LogP contribution in [0.5, 0.6) is 5.75 Å². The number of fused-ring (bicyclic) bond motifs is 1. The van der Waals surface area contributed by atoms with Gasteiger partial charge in [0, 0.05) is 31.7 Å². The SMILES string of the molecule is O=C(COc1ccccc1)N1CCC2CC(=O)N(c3ccccc3)CCC2C1. The topological polar surface area (TPSA) is 49.9 Å². The Balaban J connectivity index is 1.36. The highest BCUT2D eigenvalue weighted by Crippen LogP contribution is 2.34. The Labute approximate surface area is 165 Å². The first-order valence-corrected chi connectivity index (χ1v) is 10.0. The smallest absolute Gasteiger partial charge is 0.260 e. The monoisotopic (exact) mass is 378 g/mol. The van der Waals surface area contributed by atoms with E-state index < -0.39 is 0 Å². The van der Waals surface area contributed by atoms with Gasteiger partial charge in [-0.3, -0.25) is 9.59 Å². The number of hydrogen-bond donors (Lipinski definition) is 0. The number of ether oxygens (including phenoxy) is 1. The highest BCUT2D eigenvalue weighted by molar-refractivity contribution is 5.93. The van der Waals surface area contributed by atoms with E-state index in [2.05, 4.69) is 0 Å². The number of likely N-dealkylation sites (tertiary alicyclic amines) is 1. The van der Waals surface area contributed by atoms with E-state index in [0.717, 1.165) is 25.1 Å². The summed E-state index contributed by atoms with van der Waals surface area (Å²) < 4.78 is 5.62. The molecule has 2 aromatic carbocycles. The number of carbonyl (C=O) groups is 2. The van der Waals surface area contributed by atoms with Gasteiger partial charge in [-0.15, -0.1) is 0 Å². The molecule has 0 aromatic heterocycles. The third kappa shape index (κ3) is 4.19. The van der Waals surface area contributed by atoms with Gasteiger partial charge in [-0.1, -0.05) is 36.4 Å². The third-order valence-electron chi connectivity index (χ3n) is 5.88. The Morgan fingerprint density at radius 2 is 1.61 bits per heavy atom. The predicted octanol–water partition coefficient (Wildman–Crippen LogP) is 3.36. The van der Waals surface area contributed by atoms with Gasteiger partial charge in [0.1, 0.15) is 5.75 Å². The highest BCUT2D eigenvalue weighted by Gasteiger charge is 2.36. The van der Waals surface area contributed by atoms with Gasteiger partial charge in [0.15, 0.2) is 6.61 Å². The van der Waals surface area contributed by atoms with Gasteiger partial charge >= 0.3 is 0 Å². The molecule has 2 saturated heterocycles. The molecule has 4 rings (SSSR count). The molecule has 2 atom stereocenters. The molecule has 2 aliphatic rings. The second-order valence-corrected chi connectivity index (χ2v) is 7.62. The van der Waals surface area contributed by atoms with Crippen molar-refractivity contribution in [3.8, 4) is 5.75 Å². The predicted molar refractivity (Wildman–Crippen MR) is 108 cm³/mol. The maximum absolute atomic E-state index is 12.8. The van der Waals surface area contributed by atoms with E-state index in [9.17, 15) is 9.59 Å². The first-order valence-electron chi connectivity index (χ1n) is 10.0. The van der Waals surface area contributed by atoms with Crippen LogP contribution >= 0.6 is 0 Å². The lowest BCUT2D eigenvalue weighted by Gasteiger charge is -2.37. The van der Waals surface area contributed by atoms with Crippen molar-refractivity contribution in [2.24, 2.45) is 11.8 Å². The van der Waals surface area contributed by atoms with Gasteiger partial charge in [0.25, 0.3) is 5.91 Å². The Hall–Kier alpha value is -2.82. The first-order chi connectivity index (χ1) is 13.7. The fourth-order valence-corrected chi connectivity index (χ4v) is 4.29. The summed E-state index contributed by atoms with van der Waals surface area (Å²) in [7, 11) is 0. The molecule has 0 aliphatic carbocycles. The minimum atomic E-state index is 0.0257. The molecular formula is C23H26N2O3. The molecule has 146 valence electrons. The van der Waals surface area contributed by atoms with E-state index >= 15 is 0 Å². The van der Waals surface area contributed by atoms with Crippen molar-refractivity contribution in [2.45, 2.75) is 19.3 Å². The largest absolute Gasteiger partial charge is 0.484 e. The first kappa shape index (κ1) is 18.5. The second kappa shape index (κ2) is 8.46. The Morgan fingerprint density at radius 1 is 0.929 bits per heavy atom. The zero-order valence-electron chi connectivity index (χ0n) is 16.0. The summed E-state index contributed by atoms with van der Waals surface area (Å²) in [6.07, 6.45) is 2.38. The van der Waals surface area contributed by atoms with Crippen molar-refractivity contribution in [1.29, 1.82) is 0 Å². The summed E-state index contributed by atoms with van der Waals surface area (Å²) in [5, 5.41) is 0. The summed E-state index contributed by atoms with van der Waals surface area (Å²) in [5.74, 6) is 1.67. The van der Waals surface area contributed by atoms with Gasteiger partial charge < -0.3 is 14.5 Å². The van der Waals surface area contributed by atoms with E-state index in [0.29, 0.717) is 37.1 Å². The third-order valence-corrected chi connectivity index (χ3v) is 5.88. The molecule has 0 radical (unpaired) electrons. The fourth-order valence-electron chi connectivity index (χ4n) is 4.29. The van der Waals surface area contributed by atoms with Crippen molar-refractivity contribution in [1.82, 2.24) is 4.90 Å². The number of amides is 2. The molecule has 2 aromatic rings. The van der Waals surface area contributed by atoms with Crippen LogP contribution in [-0.4, -0.2) is 43.0 Å².